The summed E-state index contributed by atoms with van der Waals surface area (Å²) in [7, 11) is 0. The molecule has 0 radical (unpaired) electrons. The number of nitrogens with zero attached hydrogens (tertiary/aromatic N) is 1. The number of fused-ring (bicyclic) bond motifs is 9. The van der Waals surface area contributed by atoms with E-state index in [4.69, 9.17) is 8.53 Å². The van der Waals surface area contributed by atoms with Crippen LogP contribution in [-0.2, 0) is 0 Å². The third kappa shape index (κ3) is 2.32. The number of aromatic nitrogens is 1. The normalized spacial score (nSPS) is 13.9. The minimum atomic E-state index is -2.29. The summed E-state index contributed by atoms with van der Waals surface area (Å²) in [6.45, 7) is -2.29. The van der Waals surface area contributed by atoms with E-state index in [-0.39, 0.29) is 5.56 Å². The first kappa shape index (κ1) is 15.4. The Morgan fingerprint density at radius 1 is 0.588 bits per heavy atom. The number of hydrogen-bond acceptors (Lipinski definition) is 2. The van der Waals surface area contributed by atoms with E-state index in [1.807, 2.05) is 30.3 Å². The molecule has 8 aromatic rings. The van der Waals surface area contributed by atoms with Crippen LogP contribution < -0.4 is 0 Å². The first-order valence-electron chi connectivity index (χ1n) is 12.9. The molecule has 0 unspecified atom stereocenters. The second kappa shape index (κ2) is 6.33. The van der Waals surface area contributed by atoms with Gasteiger partial charge in [-0.25, -0.2) is 0 Å². The highest BCUT2D eigenvalue weighted by Crippen LogP contribution is 2.40. The van der Waals surface area contributed by atoms with E-state index < -0.39 is 6.85 Å². The maximum Gasteiger partial charge on any atom is 0.144 e. The standard InChI is InChI=1S/C32H19NO/c1-18-17-33-29-16-27(18)23-5-2-4-21(14-23)22-11-9-19-8-10-20-12-13-25-24-6-3-7-26(29)31(24)34-32(25)30(20)28(19)15-22/h2-17H,1H3/i1D3. The molecule has 3 heterocycles. The van der Waals surface area contributed by atoms with Crippen molar-refractivity contribution in [2.45, 2.75) is 6.85 Å². The van der Waals surface area contributed by atoms with Crippen molar-refractivity contribution >= 4 is 75.9 Å². The van der Waals surface area contributed by atoms with Crippen LogP contribution in [0.4, 0.5) is 0 Å². The highest BCUT2D eigenvalue weighted by atomic mass is 16.3. The molecule has 2 heteroatoms. The Kier molecular flexibility index (Phi) is 2.87. The summed E-state index contributed by atoms with van der Waals surface area (Å²) in [5, 5.41) is 11.0. The lowest BCUT2D eigenvalue weighted by Crippen LogP contribution is -1.82. The highest BCUT2D eigenvalue weighted by molar-refractivity contribution is 6.25. The number of hydrogen-bond donors (Lipinski definition) is 0. The van der Waals surface area contributed by atoms with Gasteiger partial charge in [0.25, 0.3) is 0 Å². The van der Waals surface area contributed by atoms with Crippen LogP contribution in [0.3, 0.4) is 0 Å². The van der Waals surface area contributed by atoms with Gasteiger partial charge in [-0.15, -0.1) is 0 Å². The molecule has 158 valence electrons. The molecule has 34 heavy (non-hydrogen) atoms. The lowest BCUT2D eigenvalue weighted by molar-refractivity contribution is 0.676. The van der Waals surface area contributed by atoms with Crippen molar-refractivity contribution in [2.75, 3.05) is 0 Å². The maximum atomic E-state index is 8.18. The van der Waals surface area contributed by atoms with Crippen LogP contribution in [0.1, 0.15) is 9.68 Å². The molecule has 0 saturated carbocycles. The van der Waals surface area contributed by atoms with Gasteiger partial charge in [-0.05, 0) is 80.5 Å². The molecule has 2 nitrogen and oxygen atoms in total. The van der Waals surface area contributed by atoms with E-state index in [0.29, 0.717) is 10.9 Å². The van der Waals surface area contributed by atoms with Crippen molar-refractivity contribution in [3.8, 4) is 0 Å². The van der Waals surface area contributed by atoms with Gasteiger partial charge in [0.2, 0.25) is 0 Å². The molecule has 0 atom stereocenters. The SMILES string of the molecule is [2H]C([2H])([2H])c1cnc2cc1c1cccc(c1)c1ccc3ccc4ccc5c6cccc2c6oc5c4c3c1. The van der Waals surface area contributed by atoms with Crippen LogP contribution in [0.5, 0.6) is 0 Å². The number of para-hydroxylation sites is 1. The summed E-state index contributed by atoms with van der Waals surface area (Å²) in [4.78, 5) is 4.64. The Balaban J connectivity index is 1.74. The maximum absolute atomic E-state index is 8.18. The third-order valence-electron chi connectivity index (χ3n) is 7.15. The predicted octanol–water partition coefficient (Wildman–Crippen LogP) is 9.06. The van der Waals surface area contributed by atoms with E-state index in [2.05, 4.69) is 65.6 Å². The van der Waals surface area contributed by atoms with Crippen molar-refractivity contribution in [1.29, 1.82) is 0 Å². The molecule has 0 amide bonds. The number of pyridine rings is 1. The van der Waals surface area contributed by atoms with Gasteiger partial charge < -0.3 is 4.42 Å². The van der Waals surface area contributed by atoms with Crippen molar-refractivity contribution in [2.24, 2.45) is 0 Å². The van der Waals surface area contributed by atoms with Crippen LogP contribution in [0, 0.1) is 6.85 Å². The van der Waals surface area contributed by atoms with Gasteiger partial charge in [0, 0.05) is 31.9 Å². The zero-order valence-corrected chi connectivity index (χ0v) is 18.1. The van der Waals surface area contributed by atoms with Gasteiger partial charge in [-0.3, -0.25) is 4.98 Å². The number of benzene rings is 5. The molecule has 0 aliphatic heterocycles. The van der Waals surface area contributed by atoms with Crippen LogP contribution in [0.2, 0.25) is 0 Å². The van der Waals surface area contributed by atoms with Crippen molar-refractivity contribution in [3.63, 3.8) is 0 Å². The van der Waals surface area contributed by atoms with Crippen LogP contribution in [0.15, 0.2) is 102 Å². The molecule has 3 aromatic heterocycles. The minimum absolute atomic E-state index is 0.236. The van der Waals surface area contributed by atoms with E-state index in [1.165, 1.54) is 6.20 Å². The Morgan fingerprint density at radius 2 is 1.32 bits per heavy atom. The zero-order chi connectivity index (χ0) is 24.9. The summed E-state index contributed by atoms with van der Waals surface area (Å²) >= 11 is 0. The molecule has 0 N–H and O–H groups in total. The molecule has 0 spiro atoms. The second-order valence-electron chi connectivity index (χ2n) is 9.02. The van der Waals surface area contributed by atoms with Crippen LogP contribution >= 0.6 is 0 Å². The van der Waals surface area contributed by atoms with Gasteiger partial charge in [0.1, 0.15) is 11.2 Å². The molecule has 5 aromatic carbocycles. The first-order valence-corrected chi connectivity index (χ1v) is 11.4. The monoisotopic (exact) mass is 436 g/mol. The highest BCUT2D eigenvalue weighted by Gasteiger charge is 2.15. The molecule has 8 bridgehead atoms. The van der Waals surface area contributed by atoms with Crippen molar-refractivity contribution in [1.82, 2.24) is 4.98 Å². The van der Waals surface area contributed by atoms with Crippen molar-refractivity contribution < 1.29 is 8.53 Å². The fourth-order valence-electron chi connectivity index (χ4n) is 5.48. The zero-order valence-electron chi connectivity index (χ0n) is 21.1. The Bertz CT molecular complexity index is 2240. The fraction of sp³-hybridized carbons (Fsp3) is 0.0312. The Morgan fingerprint density at radius 3 is 2.26 bits per heavy atom. The predicted molar refractivity (Wildman–Crippen MR) is 144 cm³/mol. The molecular formula is C32H19NO. The number of rotatable bonds is 0. The largest absolute Gasteiger partial charge is 0.455 e. The summed E-state index contributed by atoms with van der Waals surface area (Å²) in [5.74, 6) is 0. The lowest BCUT2D eigenvalue weighted by atomic mass is 9.97. The molecule has 0 aliphatic rings. The quantitative estimate of drug-likeness (QED) is 0.222. The van der Waals surface area contributed by atoms with Gasteiger partial charge in [0.05, 0.1) is 5.52 Å². The average Bonchev–Trinajstić information content (AvgIpc) is 3.30. The van der Waals surface area contributed by atoms with E-state index in [9.17, 15) is 0 Å². The smallest absolute Gasteiger partial charge is 0.144 e. The topological polar surface area (TPSA) is 26.0 Å². The van der Waals surface area contributed by atoms with Gasteiger partial charge in [-0.1, -0.05) is 60.7 Å². The summed E-state index contributed by atoms with van der Waals surface area (Å²) < 4.78 is 31.2. The summed E-state index contributed by atoms with van der Waals surface area (Å²) in [6.07, 6.45) is 1.50. The summed E-state index contributed by atoms with van der Waals surface area (Å²) in [5.41, 5.74) is 2.53. The molecule has 0 fully saturated rings. The minimum Gasteiger partial charge on any atom is -0.455 e. The van der Waals surface area contributed by atoms with E-state index >= 15 is 0 Å². The van der Waals surface area contributed by atoms with Gasteiger partial charge >= 0.3 is 0 Å². The summed E-state index contributed by atoms with van der Waals surface area (Å²) in [6, 6.07) is 31.1. The van der Waals surface area contributed by atoms with Crippen molar-refractivity contribution in [3.05, 3.63) is 103 Å². The van der Waals surface area contributed by atoms with E-state index in [0.717, 1.165) is 65.0 Å². The number of aryl methyl sites for hydroxylation is 1. The lowest BCUT2D eigenvalue weighted by Gasteiger charge is -2.06. The van der Waals surface area contributed by atoms with Gasteiger partial charge in [-0.2, -0.15) is 0 Å². The van der Waals surface area contributed by atoms with Crippen LogP contribution in [-0.4, -0.2) is 4.98 Å². The number of furan rings is 1. The Hall–Kier alpha value is -4.43. The third-order valence-corrected chi connectivity index (χ3v) is 7.15. The Labute approximate surface area is 199 Å². The van der Waals surface area contributed by atoms with Gasteiger partial charge in [0.15, 0.2) is 0 Å². The molecule has 8 rings (SSSR count). The first-order chi connectivity index (χ1) is 18.0. The van der Waals surface area contributed by atoms with E-state index in [1.54, 1.807) is 0 Å². The fourth-order valence-corrected chi connectivity index (χ4v) is 5.48. The average molecular weight is 437 g/mol. The molecular weight excluding hydrogens is 414 g/mol. The molecule has 0 aliphatic carbocycles. The molecule has 0 saturated heterocycles. The van der Waals surface area contributed by atoms with Crippen LogP contribution in [0.25, 0.3) is 75.9 Å². The second-order valence-corrected chi connectivity index (χ2v) is 9.02.